The van der Waals surface area contributed by atoms with Gasteiger partial charge in [-0.1, -0.05) is 35.5 Å². The van der Waals surface area contributed by atoms with Gasteiger partial charge in [-0.2, -0.15) is 18.4 Å². The first-order valence-electron chi connectivity index (χ1n) is 11.2. The van der Waals surface area contributed by atoms with Gasteiger partial charge in [0.15, 0.2) is 0 Å². The van der Waals surface area contributed by atoms with Gasteiger partial charge in [0.25, 0.3) is 0 Å². The van der Waals surface area contributed by atoms with Gasteiger partial charge in [-0.3, -0.25) is 4.79 Å². The van der Waals surface area contributed by atoms with E-state index in [1.54, 1.807) is 11.0 Å². The second-order valence-corrected chi connectivity index (χ2v) is 10.9. The molecule has 1 saturated heterocycles. The maximum Gasteiger partial charge on any atom is 0.416 e. The van der Waals surface area contributed by atoms with Gasteiger partial charge < -0.3 is 15.0 Å². The highest BCUT2D eigenvalue weighted by molar-refractivity contribution is 8.04. The Bertz CT molecular complexity index is 1340. The quantitative estimate of drug-likeness (QED) is 0.337. The topological polar surface area (TPSA) is 78.3 Å². The average Bonchev–Trinajstić information content (AvgIpc) is 3.26. The first-order chi connectivity index (χ1) is 17.5. The molecule has 1 N–H and O–H groups in total. The second kappa shape index (κ2) is 11.3. The van der Waals surface area contributed by atoms with Crippen LogP contribution >= 0.6 is 34.7 Å². The number of alkyl halides is 3. The van der Waals surface area contributed by atoms with E-state index in [1.807, 2.05) is 32.0 Å². The summed E-state index contributed by atoms with van der Waals surface area (Å²) in [6.45, 7) is 4.62. The number of ether oxygens (including phenoxy) is 1. The molecule has 2 unspecified atom stereocenters. The number of nitrogens with zero attached hydrogens (tertiary/aromatic N) is 3. The van der Waals surface area contributed by atoms with Crippen LogP contribution in [0.25, 0.3) is 15.8 Å². The highest BCUT2D eigenvalue weighted by Gasteiger charge is 2.31. The Balaban J connectivity index is 1.70. The molecule has 6 nitrogen and oxygen atoms in total. The summed E-state index contributed by atoms with van der Waals surface area (Å²) in [7, 11) is 0. The van der Waals surface area contributed by atoms with Gasteiger partial charge in [0, 0.05) is 13.1 Å². The van der Waals surface area contributed by atoms with Gasteiger partial charge in [-0.25, -0.2) is 4.98 Å². The largest absolute Gasteiger partial charge is 0.416 e. The highest BCUT2D eigenvalue weighted by Crippen LogP contribution is 2.38. The van der Waals surface area contributed by atoms with E-state index in [2.05, 4.69) is 16.4 Å². The Kier molecular flexibility index (Phi) is 8.33. The number of halogens is 4. The van der Waals surface area contributed by atoms with Crippen LogP contribution in [0.5, 0.6) is 0 Å². The minimum Gasteiger partial charge on any atom is -0.372 e. The van der Waals surface area contributed by atoms with Crippen LogP contribution in [0, 0.1) is 11.3 Å². The molecule has 4 rings (SSSR count). The standard InChI is InChI=1S/C25H22ClF3N4O2S2/c1-14-11-33(12-15(2)35-14)22(34)13-36-23(32-20-9-16(25(27,28)29)7-8-18(20)26)17(10-30)24-31-19-5-3-4-6-21(19)37-24/h3-9,14-15,32H,11-13H2,1-2H3. The van der Waals surface area contributed by atoms with E-state index < -0.39 is 11.7 Å². The zero-order chi connectivity index (χ0) is 26.7. The number of aromatic nitrogens is 1. The monoisotopic (exact) mass is 566 g/mol. The summed E-state index contributed by atoms with van der Waals surface area (Å²) in [6, 6.07) is 12.3. The predicted octanol–water partition coefficient (Wildman–Crippen LogP) is 6.64. The first kappa shape index (κ1) is 27.3. The molecule has 0 bridgehead atoms. The van der Waals surface area contributed by atoms with E-state index in [9.17, 15) is 23.2 Å². The molecule has 12 heteroatoms. The number of amides is 1. The third kappa shape index (κ3) is 6.57. The number of allylic oxidation sites excluding steroid dienone is 1. The SMILES string of the molecule is CC1CN(C(=O)CSC(Nc2cc(C(F)(F)F)ccc2Cl)=C(C#N)c2nc3ccccc3s2)CC(C)O1. The van der Waals surface area contributed by atoms with Crippen molar-refractivity contribution in [2.45, 2.75) is 32.2 Å². The number of benzene rings is 2. The lowest BCUT2D eigenvalue weighted by Crippen LogP contribution is -2.48. The number of carbonyl (C=O) groups is 1. The van der Waals surface area contributed by atoms with Crippen molar-refractivity contribution < 1.29 is 22.7 Å². The molecule has 2 heterocycles. The van der Waals surface area contributed by atoms with Crippen LogP contribution in [0.4, 0.5) is 18.9 Å². The Morgan fingerprint density at radius 1 is 1.27 bits per heavy atom. The number of para-hydroxylation sites is 1. The number of nitriles is 1. The zero-order valence-electron chi connectivity index (χ0n) is 19.8. The zero-order valence-corrected chi connectivity index (χ0v) is 22.2. The number of rotatable bonds is 6. The molecule has 2 aromatic carbocycles. The van der Waals surface area contributed by atoms with E-state index in [1.165, 1.54) is 11.3 Å². The number of fused-ring (bicyclic) bond motifs is 1. The second-order valence-electron chi connectivity index (χ2n) is 8.46. The number of anilines is 1. The fourth-order valence-corrected chi connectivity index (χ4v) is 5.99. The van der Waals surface area contributed by atoms with Crippen molar-refractivity contribution in [3.63, 3.8) is 0 Å². The number of carbonyl (C=O) groups excluding carboxylic acids is 1. The molecule has 2 atom stereocenters. The van der Waals surface area contributed by atoms with Crippen molar-refractivity contribution in [2.75, 3.05) is 24.2 Å². The number of hydrogen-bond donors (Lipinski definition) is 1. The van der Waals surface area contributed by atoms with Crippen molar-refractivity contribution in [1.29, 1.82) is 5.26 Å². The van der Waals surface area contributed by atoms with Crippen LogP contribution in [0.3, 0.4) is 0 Å². The normalized spacial score (nSPS) is 18.9. The maximum atomic E-state index is 13.4. The van der Waals surface area contributed by atoms with Crippen molar-refractivity contribution in [3.8, 4) is 6.07 Å². The van der Waals surface area contributed by atoms with Crippen molar-refractivity contribution in [1.82, 2.24) is 9.88 Å². The van der Waals surface area contributed by atoms with Gasteiger partial charge in [0.1, 0.15) is 16.6 Å². The molecule has 1 aliphatic rings. The van der Waals surface area contributed by atoms with Gasteiger partial charge in [-0.15, -0.1) is 11.3 Å². The lowest BCUT2D eigenvalue weighted by Gasteiger charge is -2.35. The van der Waals surface area contributed by atoms with E-state index >= 15 is 0 Å². The average molecular weight is 567 g/mol. The summed E-state index contributed by atoms with van der Waals surface area (Å²) in [6.07, 6.45) is -4.82. The maximum absolute atomic E-state index is 13.4. The fraction of sp³-hybridized carbons (Fsp3) is 0.320. The van der Waals surface area contributed by atoms with Crippen LogP contribution in [0.15, 0.2) is 47.5 Å². The summed E-state index contributed by atoms with van der Waals surface area (Å²) in [5.74, 6) is -0.225. The number of nitrogens with one attached hydrogen (secondary N) is 1. The minimum atomic E-state index is -4.58. The predicted molar refractivity (Wildman–Crippen MR) is 141 cm³/mol. The Hall–Kier alpha value is -2.78. The molecule has 37 heavy (non-hydrogen) atoms. The number of hydrogen-bond acceptors (Lipinski definition) is 7. The Labute approximate surface area is 225 Å². The van der Waals surface area contributed by atoms with E-state index in [0.717, 1.165) is 34.7 Å². The molecule has 3 aromatic rings. The summed E-state index contributed by atoms with van der Waals surface area (Å²) in [5, 5.41) is 13.6. The van der Waals surface area contributed by atoms with Gasteiger partial charge >= 0.3 is 6.18 Å². The molecule has 1 fully saturated rings. The van der Waals surface area contributed by atoms with Gasteiger partial charge in [0.05, 0.1) is 49.5 Å². The van der Waals surface area contributed by atoms with Crippen molar-refractivity contribution in [3.05, 3.63) is 63.1 Å². The van der Waals surface area contributed by atoms with E-state index in [0.29, 0.717) is 23.6 Å². The van der Waals surface area contributed by atoms with Gasteiger partial charge in [0.2, 0.25) is 5.91 Å². The third-order valence-electron chi connectivity index (χ3n) is 5.50. The summed E-state index contributed by atoms with van der Waals surface area (Å²) >= 11 is 8.51. The van der Waals surface area contributed by atoms with Gasteiger partial charge in [-0.05, 0) is 44.2 Å². The summed E-state index contributed by atoms with van der Waals surface area (Å²) in [4.78, 5) is 19.2. The number of thiazole rings is 1. The lowest BCUT2D eigenvalue weighted by molar-refractivity contribution is -0.140. The molecule has 0 aliphatic carbocycles. The summed E-state index contributed by atoms with van der Waals surface area (Å²) in [5.41, 5.74) is -0.135. The molecule has 0 saturated carbocycles. The van der Waals surface area contributed by atoms with E-state index in [-0.39, 0.29) is 45.2 Å². The van der Waals surface area contributed by atoms with Crippen molar-refractivity contribution in [2.24, 2.45) is 0 Å². The molecule has 0 spiro atoms. The third-order valence-corrected chi connectivity index (χ3v) is 7.87. The van der Waals surface area contributed by atoms with Crippen LogP contribution in [0.2, 0.25) is 5.02 Å². The van der Waals surface area contributed by atoms with Crippen molar-refractivity contribution >= 4 is 62.1 Å². The molecule has 1 aromatic heterocycles. The van der Waals surface area contributed by atoms with Crippen LogP contribution in [0.1, 0.15) is 24.4 Å². The minimum absolute atomic E-state index is 0.0334. The Morgan fingerprint density at radius 2 is 1.97 bits per heavy atom. The lowest BCUT2D eigenvalue weighted by atomic mass is 10.2. The first-order valence-corrected chi connectivity index (χ1v) is 13.4. The molecule has 0 radical (unpaired) electrons. The number of morpholine rings is 1. The molecular weight excluding hydrogens is 545 g/mol. The smallest absolute Gasteiger partial charge is 0.372 e. The summed E-state index contributed by atoms with van der Waals surface area (Å²) < 4.78 is 46.6. The molecule has 1 amide bonds. The molecule has 194 valence electrons. The van der Waals surface area contributed by atoms with E-state index in [4.69, 9.17) is 16.3 Å². The fourth-order valence-electron chi connectivity index (χ4n) is 3.87. The number of thioether (sulfide) groups is 1. The van der Waals surface area contributed by atoms with Crippen LogP contribution in [-0.2, 0) is 15.7 Å². The molecule has 1 aliphatic heterocycles. The molecular formula is C25H22ClF3N4O2S2. The van der Waals surface area contributed by atoms with Crippen LogP contribution in [-0.4, -0.2) is 46.8 Å². The Morgan fingerprint density at radius 3 is 2.62 bits per heavy atom. The van der Waals surface area contributed by atoms with Crippen LogP contribution < -0.4 is 5.32 Å². The highest BCUT2D eigenvalue weighted by atomic mass is 35.5.